The van der Waals surface area contributed by atoms with Gasteiger partial charge in [0.05, 0.1) is 7.11 Å². The number of ketones is 1. The van der Waals surface area contributed by atoms with Gasteiger partial charge in [0.15, 0.2) is 5.78 Å². The average Bonchev–Trinajstić information content (AvgIpc) is 2.30. The summed E-state index contributed by atoms with van der Waals surface area (Å²) >= 11 is 0. The first-order valence-electron chi connectivity index (χ1n) is 4.86. The lowest BCUT2D eigenvalue weighted by Crippen LogP contribution is -2.25. The molecular weight excluding hydrogens is 180 g/mol. The predicted molar refractivity (Wildman–Crippen MR) is 52.6 cm³/mol. The molecule has 0 spiro atoms. The first-order valence-corrected chi connectivity index (χ1v) is 4.86. The van der Waals surface area contributed by atoms with Crippen molar-refractivity contribution in [3.63, 3.8) is 0 Å². The van der Waals surface area contributed by atoms with E-state index in [0.717, 1.165) is 0 Å². The molecule has 0 radical (unpaired) electrons. The molecular formula is C11H16O3. The number of carbonyl (C=O) groups excluding carboxylic acids is 2. The van der Waals surface area contributed by atoms with Gasteiger partial charge in [0.2, 0.25) is 0 Å². The minimum Gasteiger partial charge on any atom is -0.468 e. The zero-order valence-electron chi connectivity index (χ0n) is 8.82. The molecule has 0 saturated carbocycles. The van der Waals surface area contributed by atoms with Crippen LogP contribution in [0.25, 0.3) is 0 Å². The normalized spacial score (nSPS) is 32.5. The van der Waals surface area contributed by atoms with Crippen LogP contribution in [0.2, 0.25) is 0 Å². The van der Waals surface area contributed by atoms with Crippen molar-refractivity contribution in [2.75, 3.05) is 7.11 Å². The molecule has 3 nitrogen and oxygen atoms in total. The fraction of sp³-hybridized carbons (Fsp3) is 0.636. The van der Waals surface area contributed by atoms with Crippen LogP contribution in [-0.2, 0) is 14.3 Å². The Labute approximate surface area is 84.1 Å². The van der Waals surface area contributed by atoms with E-state index in [0.29, 0.717) is 18.3 Å². The molecule has 14 heavy (non-hydrogen) atoms. The van der Waals surface area contributed by atoms with Gasteiger partial charge >= 0.3 is 5.97 Å². The maximum absolute atomic E-state index is 11.5. The van der Waals surface area contributed by atoms with Gasteiger partial charge in [-0.05, 0) is 24.3 Å². The number of allylic oxidation sites excluding steroid dienone is 2. The van der Waals surface area contributed by atoms with Crippen molar-refractivity contribution >= 4 is 11.8 Å². The molecule has 3 unspecified atom stereocenters. The first-order chi connectivity index (χ1) is 6.56. The van der Waals surface area contributed by atoms with E-state index in [-0.39, 0.29) is 5.78 Å². The van der Waals surface area contributed by atoms with E-state index in [1.54, 1.807) is 0 Å². The van der Waals surface area contributed by atoms with Gasteiger partial charge in [-0.1, -0.05) is 19.9 Å². The molecule has 78 valence electrons. The van der Waals surface area contributed by atoms with Gasteiger partial charge < -0.3 is 4.74 Å². The highest BCUT2D eigenvalue weighted by atomic mass is 16.5. The predicted octanol–water partition coefficient (Wildman–Crippen LogP) is 1.58. The molecule has 0 amide bonds. The van der Waals surface area contributed by atoms with Crippen LogP contribution in [0.4, 0.5) is 0 Å². The van der Waals surface area contributed by atoms with Gasteiger partial charge in [0.1, 0.15) is 5.92 Å². The van der Waals surface area contributed by atoms with E-state index in [1.165, 1.54) is 13.2 Å². The van der Waals surface area contributed by atoms with Crippen LogP contribution < -0.4 is 0 Å². The quantitative estimate of drug-likeness (QED) is 0.472. The van der Waals surface area contributed by atoms with Crippen molar-refractivity contribution < 1.29 is 14.3 Å². The zero-order valence-corrected chi connectivity index (χ0v) is 8.82. The molecule has 0 bridgehead atoms. The number of esters is 1. The van der Waals surface area contributed by atoms with E-state index in [4.69, 9.17) is 0 Å². The zero-order chi connectivity index (χ0) is 10.7. The molecule has 1 aliphatic carbocycles. The number of hydrogen-bond acceptors (Lipinski definition) is 3. The van der Waals surface area contributed by atoms with Gasteiger partial charge in [-0.25, -0.2) is 0 Å². The van der Waals surface area contributed by atoms with Gasteiger partial charge in [-0.15, -0.1) is 0 Å². The number of rotatable bonds is 1. The van der Waals surface area contributed by atoms with Crippen LogP contribution in [0.1, 0.15) is 20.3 Å². The first kappa shape index (κ1) is 11.0. The Kier molecular flexibility index (Phi) is 3.44. The number of ether oxygens (including phenoxy) is 1. The summed E-state index contributed by atoms with van der Waals surface area (Å²) in [7, 11) is 1.32. The van der Waals surface area contributed by atoms with Crippen LogP contribution in [-0.4, -0.2) is 18.9 Å². The van der Waals surface area contributed by atoms with Crippen LogP contribution in [0, 0.1) is 17.8 Å². The average molecular weight is 196 g/mol. The summed E-state index contributed by atoms with van der Waals surface area (Å²) in [4.78, 5) is 22.8. The summed E-state index contributed by atoms with van der Waals surface area (Å²) in [5, 5.41) is 0. The number of hydrogen-bond donors (Lipinski definition) is 0. The molecule has 0 N–H and O–H groups in total. The van der Waals surface area contributed by atoms with Gasteiger partial charge in [0.25, 0.3) is 0 Å². The van der Waals surface area contributed by atoms with Crippen molar-refractivity contribution in [1.82, 2.24) is 0 Å². The molecule has 0 aromatic rings. The molecule has 3 atom stereocenters. The lowest BCUT2D eigenvalue weighted by molar-refractivity contribution is -0.148. The maximum Gasteiger partial charge on any atom is 0.316 e. The Hall–Kier alpha value is -1.12. The van der Waals surface area contributed by atoms with E-state index < -0.39 is 11.9 Å². The second kappa shape index (κ2) is 4.40. The van der Waals surface area contributed by atoms with E-state index in [1.807, 2.05) is 19.9 Å². The van der Waals surface area contributed by atoms with Crippen molar-refractivity contribution in [3.05, 3.63) is 12.2 Å². The van der Waals surface area contributed by atoms with E-state index in [2.05, 4.69) is 4.74 Å². The largest absolute Gasteiger partial charge is 0.468 e. The monoisotopic (exact) mass is 196 g/mol. The van der Waals surface area contributed by atoms with Gasteiger partial charge in [-0.2, -0.15) is 0 Å². The minimum absolute atomic E-state index is 0.131. The van der Waals surface area contributed by atoms with Crippen molar-refractivity contribution in [1.29, 1.82) is 0 Å². The lowest BCUT2D eigenvalue weighted by atomic mass is 9.88. The Morgan fingerprint density at radius 1 is 1.50 bits per heavy atom. The highest BCUT2D eigenvalue weighted by molar-refractivity contribution is 6.05. The summed E-state index contributed by atoms with van der Waals surface area (Å²) in [6.45, 7) is 4.09. The fourth-order valence-corrected chi connectivity index (χ4v) is 1.61. The maximum atomic E-state index is 11.5. The Morgan fingerprint density at radius 3 is 2.71 bits per heavy atom. The molecule has 0 aromatic carbocycles. The highest BCUT2D eigenvalue weighted by Gasteiger charge is 2.31. The van der Waals surface area contributed by atoms with Gasteiger partial charge in [-0.3, -0.25) is 9.59 Å². The second-order valence-electron chi connectivity index (χ2n) is 3.91. The molecule has 0 saturated heterocycles. The molecule has 1 aliphatic rings. The van der Waals surface area contributed by atoms with E-state index >= 15 is 0 Å². The topological polar surface area (TPSA) is 43.4 Å². The molecule has 0 heterocycles. The molecule has 3 heteroatoms. The molecule has 1 rings (SSSR count). The summed E-state index contributed by atoms with van der Waals surface area (Å²) < 4.78 is 4.61. The van der Waals surface area contributed by atoms with Crippen molar-refractivity contribution in [2.24, 2.45) is 17.8 Å². The molecule has 0 fully saturated rings. The molecule has 0 aromatic heterocycles. The third kappa shape index (κ3) is 2.22. The van der Waals surface area contributed by atoms with Crippen molar-refractivity contribution in [2.45, 2.75) is 20.3 Å². The third-order valence-electron chi connectivity index (χ3n) is 2.90. The standard InChI is InChI=1S/C11H16O3/c1-7-4-5-10(12)9(6-8(7)2)11(13)14-3/h4-5,7-9H,6H2,1-3H3. The van der Waals surface area contributed by atoms with Crippen molar-refractivity contribution in [3.8, 4) is 0 Å². The summed E-state index contributed by atoms with van der Waals surface area (Å²) in [5.41, 5.74) is 0. The Morgan fingerprint density at radius 2 is 2.14 bits per heavy atom. The van der Waals surface area contributed by atoms with Crippen LogP contribution in [0.3, 0.4) is 0 Å². The SMILES string of the molecule is COC(=O)C1CC(C)C(C)C=CC1=O. The minimum atomic E-state index is -0.601. The van der Waals surface area contributed by atoms with E-state index in [9.17, 15) is 9.59 Å². The Balaban J connectivity index is 2.82. The van der Waals surface area contributed by atoms with Gasteiger partial charge in [0, 0.05) is 0 Å². The molecule has 0 aliphatic heterocycles. The summed E-state index contributed by atoms with van der Waals surface area (Å²) in [5.74, 6) is -0.472. The van der Waals surface area contributed by atoms with Crippen LogP contribution in [0.15, 0.2) is 12.2 Å². The Bertz CT molecular complexity index is 268. The highest BCUT2D eigenvalue weighted by Crippen LogP contribution is 2.26. The van der Waals surface area contributed by atoms with Crippen LogP contribution in [0.5, 0.6) is 0 Å². The third-order valence-corrected chi connectivity index (χ3v) is 2.90. The fourth-order valence-electron chi connectivity index (χ4n) is 1.61. The lowest BCUT2D eigenvalue weighted by Gasteiger charge is -2.17. The number of carbonyl (C=O) groups is 2. The number of methoxy groups -OCH3 is 1. The second-order valence-corrected chi connectivity index (χ2v) is 3.91. The van der Waals surface area contributed by atoms with Crippen LogP contribution >= 0.6 is 0 Å². The summed E-state index contributed by atoms with van der Waals surface area (Å²) in [6, 6.07) is 0. The smallest absolute Gasteiger partial charge is 0.316 e. The summed E-state index contributed by atoms with van der Waals surface area (Å²) in [6.07, 6.45) is 3.96.